The van der Waals surface area contributed by atoms with Crippen LogP contribution in [0.15, 0.2) is 24.3 Å². The van der Waals surface area contributed by atoms with Gasteiger partial charge in [0.15, 0.2) is 0 Å². The molecule has 1 atom stereocenters. The molecular weight excluding hydrogens is 266 g/mol. The first-order valence-corrected chi connectivity index (χ1v) is 7.55. The van der Waals surface area contributed by atoms with Gasteiger partial charge >= 0.3 is 0 Å². The Morgan fingerprint density at radius 1 is 1.38 bits per heavy atom. The molecule has 112 valence electrons. The molecule has 1 aromatic heterocycles. The van der Waals surface area contributed by atoms with Crippen LogP contribution in [-0.2, 0) is 17.9 Å². The molecule has 0 spiro atoms. The summed E-state index contributed by atoms with van der Waals surface area (Å²) in [5, 5.41) is 9.49. The first-order valence-electron chi connectivity index (χ1n) is 7.55. The number of para-hydroxylation sites is 2. The third-order valence-electron chi connectivity index (χ3n) is 4.29. The quantitative estimate of drug-likeness (QED) is 0.938. The molecule has 21 heavy (non-hydrogen) atoms. The molecule has 0 aliphatic carbocycles. The maximum Gasteiger partial charge on any atom is 0.242 e. The van der Waals surface area contributed by atoms with Crippen LogP contribution in [0, 0.1) is 0 Å². The van der Waals surface area contributed by atoms with E-state index in [9.17, 15) is 9.90 Å². The normalized spacial score (nSPS) is 19.1. The lowest BCUT2D eigenvalue weighted by molar-refractivity contribution is -0.135. The number of carbonyl (C=O) groups excluding carboxylic acids is 1. The number of likely N-dealkylation sites (tertiary alicyclic amines) is 1. The van der Waals surface area contributed by atoms with Gasteiger partial charge in [-0.1, -0.05) is 12.1 Å². The first kappa shape index (κ1) is 14.1. The van der Waals surface area contributed by atoms with Crippen LogP contribution >= 0.6 is 0 Å². The van der Waals surface area contributed by atoms with Gasteiger partial charge in [-0.25, -0.2) is 4.98 Å². The van der Waals surface area contributed by atoms with Crippen molar-refractivity contribution in [2.24, 2.45) is 0 Å². The van der Waals surface area contributed by atoms with Gasteiger partial charge < -0.3 is 14.6 Å². The third kappa shape index (κ3) is 2.65. The van der Waals surface area contributed by atoms with Crippen LogP contribution in [-0.4, -0.2) is 38.1 Å². The van der Waals surface area contributed by atoms with Crippen LogP contribution in [0.1, 0.15) is 32.0 Å². The minimum atomic E-state index is -0.155. The molecule has 2 heterocycles. The second-order valence-corrected chi connectivity index (χ2v) is 5.69. The van der Waals surface area contributed by atoms with E-state index in [1.54, 1.807) is 0 Å². The van der Waals surface area contributed by atoms with Crippen molar-refractivity contribution in [1.82, 2.24) is 14.5 Å². The van der Waals surface area contributed by atoms with Gasteiger partial charge in [0, 0.05) is 12.6 Å². The standard InChI is InChI=1S/C16H21N3O2/c1-12-6-4-5-9-18(12)16(21)10-19-14-8-3-2-7-13(14)17-15(19)11-20/h2-3,7-8,12,20H,4-6,9-11H2,1H3/t12-/m1/s1. The number of nitrogens with zero attached hydrogens (tertiary/aromatic N) is 3. The second-order valence-electron chi connectivity index (χ2n) is 5.69. The van der Waals surface area contributed by atoms with E-state index >= 15 is 0 Å². The summed E-state index contributed by atoms with van der Waals surface area (Å²) in [5.41, 5.74) is 1.72. The van der Waals surface area contributed by atoms with Crippen LogP contribution in [0.4, 0.5) is 0 Å². The van der Waals surface area contributed by atoms with E-state index < -0.39 is 0 Å². The van der Waals surface area contributed by atoms with Crippen molar-refractivity contribution < 1.29 is 9.90 Å². The van der Waals surface area contributed by atoms with Crippen molar-refractivity contribution >= 4 is 16.9 Å². The Kier molecular flexibility index (Phi) is 3.92. The van der Waals surface area contributed by atoms with Crippen molar-refractivity contribution in [2.45, 2.75) is 45.4 Å². The Hall–Kier alpha value is -1.88. The van der Waals surface area contributed by atoms with Crippen LogP contribution < -0.4 is 0 Å². The predicted molar refractivity (Wildman–Crippen MR) is 80.7 cm³/mol. The Labute approximate surface area is 124 Å². The van der Waals surface area contributed by atoms with Gasteiger partial charge in [0.1, 0.15) is 19.0 Å². The number of hydrogen-bond donors (Lipinski definition) is 1. The fraction of sp³-hybridized carbons (Fsp3) is 0.500. The molecule has 1 aliphatic rings. The lowest BCUT2D eigenvalue weighted by atomic mass is 10.0. The van der Waals surface area contributed by atoms with E-state index in [1.165, 1.54) is 6.42 Å². The fourth-order valence-corrected chi connectivity index (χ4v) is 3.12. The molecule has 1 saturated heterocycles. The van der Waals surface area contributed by atoms with Crippen molar-refractivity contribution in [3.63, 3.8) is 0 Å². The number of piperidine rings is 1. The molecule has 3 rings (SSSR count). The Bertz CT molecular complexity index is 650. The third-order valence-corrected chi connectivity index (χ3v) is 4.29. The maximum absolute atomic E-state index is 12.6. The molecule has 1 amide bonds. The summed E-state index contributed by atoms with van der Waals surface area (Å²) in [5.74, 6) is 0.661. The number of hydrogen-bond acceptors (Lipinski definition) is 3. The summed E-state index contributed by atoms with van der Waals surface area (Å²) in [4.78, 5) is 18.9. The van der Waals surface area contributed by atoms with E-state index in [0.29, 0.717) is 11.9 Å². The fourth-order valence-electron chi connectivity index (χ4n) is 3.12. The Morgan fingerprint density at radius 3 is 2.95 bits per heavy atom. The first-order chi connectivity index (χ1) is 10.2. The van der Waals surface area contributed by atoms with Crippen molar-refractivity contribution in [3.05, 3.63) is 30.1 Å². The summed E-state index contributed by atoms with van der Waals surface area (Å²) in [7, 11) is 0. The van der Waals surface area contributed by atoms with Gasteiger partial charge in [-0.2, -0.15) is 0 Å². The molecule has 1 N–H and O–H groups in total. The largest absolute Gasteiger partial charge is 0.388 e. The zero-order valence-electron chi connectivity index (χ0n) is 12.3. The van der Waals surface area contributed by atoms with Gasteiger partial charge in [-0.05, 0) is 38.3 Å². The lowest BCUT2D eigenvalue weighted by Gasteiger charge is -2.33. The van der Waals surface area contributed by atoms with Gasteiger partial charge in [-0.3, -0.25) is 4.79 Å². The zero-order chi connectivity index (χ0) is 14.8. The molecule has 1 fully saturated rings. The zero-order valence-corrected chi connectivity index (χ0v) is 12.3. The highest BCUT2D eigenvalue weighted by molar-refractivity contribution is 5.81. The summed E-state index contributed by atoms with van der Waals surface area (Å²) in [6.45, 7) is 3.04. The number of aliphatic hydroxyl groups excluding tert-OH is 1. The minimum Gasteiger partial charge on any atom is -0.388 e. The summed E-state index contributed by atoms with van der Waals surface area (Å²) >= 11 is 0. The van der Waals surface area contributed by atoms with Crippen molar-refractivity contribution in [3.8, 4) is 0 Å². The number of carbonyl (C=O) groups is 1. The molecule has 2 aromatic rings. The van der Waals surface area contributed by atoms with Crippen molar-refractivity contribution in [2.75, 3.05) is 6.54 Å². The monoisotopic (exact) mass is 287 g/mol. The number of amides is 1. The second kappa shape index (κ2) is 5.85. The van der Waals surface area contributed by atoms with Gasteiger partial charge in [0.2, 0.25) is 5.91 Å². The molecular formula is C16H21N3O2. The predicted octanol–water partition coefficient (Wildman–Crippen LogP) is 1.93. The molecule has 1 aromatic carbocycles. The summed E-state index contributed by atoms with van der Waals surface area (Å²) in [6, 6.07) is 7.98. The summed E-state index contributed by atoms with van der Waals surface area (Å²) in [6.07, 6.45) is 3.34. The minimum absolute atomic E-state index is 0.111. The van der Waals surface area contributed by atoms with Gasteiger partial charge in [-0.15, -0.1) is 0 Å². The molecule has 0 saturated carbocycles. The number of aromatic nitrogens is 2. The van der Waals surface area contributed by atoms with E-state index in [-0.39, 0.29) is 19.1 Å². The van der Waals surface area contributed by atoms with E-state index in [2.05, 4.69) is 11.9 Å². The van der Waals surface area contributed by atoms with Gasteiger partial charge in [0.25, 0.3) is 0 Å². The number of aliphatic hydroxyl groups is 1. The van der Waals surface area contributed by atoms with E-state index in [4.69, 9.17) is 0 Å². The van der Waals surface area contributed by atoms with E-state index in [0.717, 1.165) is 30.4 Å². The van der Waals surface area contributed by atoms with Crippen LogP contribution in [0.25, 0.3) is 11.0 Å². The Balaban J connectivity index is 1.88. The number of imidazole rings is 1. The highest BCUT2D eigenvalue weighted by Crippen LogP contribution is 2.20. The number of rotatable bonds is 3. The van der Waals surface area contributed by atoms with Crippen LogP contribution in [0.3, 0.4) is 0 Å². The molecule has 1 aliphatic heterocycles. The molecule has 5 nitrogen and oxygen atoms in total. The number of fused-ring (bicyclic) bond motifs is 1. The molecule has 0 radical (unpaired) electrons. The molecule has 5 heteroatoms. The highest BCUT2D eigenvalue weighted by atomic mass is 16.3. The molecule has 0 unspecified atom stereocenters. The van der Waals surface area contributed by atoms with Crippen molar-refractivity contribution in [1.29, 1.82) is 0 Å². The molecule has 0 bridgehead atoms. The van der Waals surface area contributed by atoms with Crippen LogP contribution in [0.5, 0.6) is 0 Å². The smallest absolute Gasteiger partial charge is 0.242 e. The van der Waals surface area contributed by atoms with E-state index in [1.807, 2.05) is 33.7 Å². The average molecular weight is 287 g/mol. The van der Waals surface area contributed by atoms with Gasteiger partial charge in [0.05, 0.1) is 11.0 Å². The SMILES string of the molecule is C[C@@H]1CCCCN1C(=O)Cn1c(CO)nc2ccccc21. The maximum atomic E-state index is 12.6. The number of benzene rings is 1. The highest BCUT2D eigenvalue weighted by Gasteiger charge is 2.24. The lowest BCUT2D eigenvalue weighted by Crippen LogP contribution is -2.43. The van der Waals surface area contributed by atoms with Crippen LogP contribution in [0.2, 0.25) is 0 Å². The topological polar surface area (TPSA) is 58.4 Å². The average Bonchev–Trinajstić information content (AvgIpc) is 2.86. The summed E-state index contributed by atoms with van der Waals surface area (Å²) < 4.78 is 1.83. The Morgan fingerprint density at radius 2 is 2.19 bits per heavy atom.